The van der Waals surface area contributed by atoms with Gasteiger partial charge in [0.1, 0.15) is 11.6 Å². The van der Waals surface area contributed by atoms with Crippen molar-refractivity contribution in [2.45, 2.75) is 6.54 Å². The molecule has 8 nitrogen and oxygen atoms in total. The predicted molar refractivity (Wildman–Crippen MR) is 131 cm³/mol. The van der Waals surface area contributed by atoms with E-state index in [2.05, 4.69) is 55.2 Å². The Morgan fingerprint density at radius 2 is 1.75 bits per heavy atom. The van der Waals surface area contributed by atoms with E-state index in [1.165, 1.54) is 11.3 Å². The van der Waals surface area contributed by atoms with Crippen molar-refractivity contribution in [3.8, 4) is 5.75 Å². The number of nitrogens with one attached hydrogen (secondary N) is 1. The summed E-state index contributed by atoms with van der Waals surface area (Å²) < 4.78 is 5.38. The van der Waals surface area contributed by atoms with Gasteiger partial charge >= 0.3 is 0 Å². The third kappa shape index (κ3) is 5.24. The molecular weight excluding hydrogens is 402 g/mol. The van der Waals surface area contributed by atoms with Crippen molar-refractivity contribution in [3.63, 3.8) is 0 Å². The van der Waals surface area contributed by atoms with Crippen molar-refractivity contribution in [1.29, 1.82) is 0 Å². The number of methoxy groups -OCH3 is 1. The maximum atomic E-state index is 5.38. The second-order valence-electron chi connectivity index (χ2n) is 8.35. The van der Waals surface area contributed by atoms with Crippen molar-refractivity contribution in [3.05, 3.63) is 48.2 Å². The smallest absolute Gasteiger partial charge is 0.194 e. The second kappa shape index (κ2) is 10.5. The van der Waals surface area contributed by atoms with Crippen LogP contribution < -0.4 is 19.9 Å². The second-order valence-corrected chi connectivity index (χ2v) is 8.35. The number of piperazine rings is 2. The van der Waals surface area contributed by atoms with Crippen LogP contribution in [0.15, 0.2) is 47.6 Å². The first-order chi connectivity index (χ1) is 15.7. The normalized spacial score (nSPS) is 18.1. The first-order valence-electron chi connectivity index (χ1n) is 11.4. The minimum Gasteiger partial charge on any atom is -0.497 e. The summed E-state index contributed by atoms with van der Waals surface area (Å²) in [4.78, 5) is 18.8. The standard InChI is InChI=1S/C24H35N7O/c1-25-24(31-16-14-29(15-17-31)21-7-4-8-22(18-21)32-3)27-19-20-6-5-9-26-23(20)30-12-10-28(2)11-13-30/h4-9,18H,10-17,19H2,1-3H3,(H,25,27). The zero-order valence-corrected chi connectivity index (χ0v) is 19.5. The van der Waals surface area contributed by atoms with Gasteiger partial charge in [0, 0.05) is 89.5 Å². The van der Waals surface area contributed by atoms with E-state index in [0.717, 1.165) is 76.4 Å². The molecule has 172 valence electrons. The summed E-state index contributed by atoms with van der Waals surface area (Å²) in [5.74, 6) is 2.94. The number of aromatic nitrogens is 1. The van der Waals surface area contributed by atoms with Crippen LogP contribution in [0.1, 0.15) is 5.56 Å². The summed E-state index contributed by atoms with van der Waals surface area (Å²) >= 11 is 0. The molecule has 1 N–H and O–H groups in total. The van der Waals surface area contributed by atoms with E-state index < -0.39 is 0 Å². The Morgan fingerprint density at radius 3 is 2.47 bits per heavy atom. The van der Waals surface area contributed by atoms with Crippen molar-refractivity contribution in [2.75, 3.05) is 83.4 Å². The number of guanidine groups is 1. The van der Waals surface area contributed by atoms with Gasteiger partial charge in [0.15, 0.2) is 5.96 Å². The van der Waals surface area contributed by atoms with Gasteiger partial charge < -0.3 is 29.7 Å². The highest BCUT2D eigenvalue weighted by Crippen LogP contribution is 2.22. The first kappa shape index (κ1) is 22.2. The molecule has 8 heteroatoms. The Labute approximate surface area is 191 Å². The molecule has 1 aromatic heterocycles. The molecule has 2 saturated heterocycles. The quantitative estimate of drug-likeness (QED) is 0.565. The molecule has 0 aliphatic carbocycles. The molecule has 0 spiro atoms. The Morgan fingerprint density at radius 1 is 1.00 bits per heavy atom. The minimum absolute atomic E-state index is 0.721. The number of anilines is 2. The van der Waals surface area contributed by atoms with Crippen LogP contribution in [0, 0.1) is 0 Å². The van der Waals surface area contributed by atoms with Crippen LogP contribution in [0.25, 0.3) is 0 Å². The summed E-state index contributed by atoms with van der Waals surface area (Å²) in [6.07, 6.45) is 1.89. The minimum atomic E-state index is 0.721. The number of hydrogen-bond acceptors (Lipinski definition) is 6. The fraction of sp³-hybridized carbons (Fsp3) is 0.500. The van der Waals surface area contributed by atoms with Gasteiger partial charge in [-0.2, -0.15) is 0 Å². The van der Waals surface area contributed by atoms with Gasteiger partial charge in [-0.15, -0.1) is 0 Å². The lowest BCUT2D eigenvalue weighted by Gasteiger charge is -2.38. The van der Waals surface area contributed by atoms with Crippen molar-refractivity contribution in [1.82, 2.24) is 20.1 Å². The molecule has 4 rings (SSSR count). The summed E-state index contributed by atoms with van der Waals surface area (Å²) in [7, 11) is 5.75. The average molecular weight is 438 g/mol. The lowest BCUT2D eigenvalue weighted by molar-refractivity contribution is 0.311. The number of ether oxygens (including phenoxy) is 1. The van der Waals surface area contributed by atoms with E-state index in [4.69, 9.17) is 9.72 Å². The van der Waals surface area contributed by atoms with Crippen LogP contribution in [0.5, 0.6) is 5.75 Å². The third-order valence-electron chi connectivity index (χ3n) is 6.32. The fourth-order valence-electron chi connectivity index (χ4n) is 4.36. The average Bonchev–Trinajstić information content (AvgIpc) is 2.85. The molecular formula is C24H35N7O. The Hall–Kier alpha value is -3.00. The highest BCUT2D eigenvalue weighted by molar-refractivity contribution is 5.80. The van der Waals surface area contributed by atoms with Gasteiger partial charge in [-0.25, -0.2) is 4.98 Å². The highest BCUT2D eigenvalue weighted by Gasteiger charge is 2.21. The van der Waals surface area contributed by atoms with Crippen LogP contribution >= 0.6 is 0 Å². The van der Waals surface area contributed by atoms with E-state index in [9.17, 15) is 0 Å². The van der Waals surface area contributed by atoms with Crippen molar-refractivity contribution < 1.29 is 4.74 Å². The number of nitrogens with zero attached hydrogens (tertiary/aromatic N) is 6. The molecule has 2 aromatic rings. The molecule has 0 radical (unpaired) electrons. The highest BCUT2D eigenvalue weighted by atomic mass is 16.5. The van der Waals surface area contributed by atoms with E-state index in [1.807, 2.05) is 31.4 Å². The molecule has 0 bridgehead atoms. The number of likely N-dealkylation sites (N-methyl/N-ethyl adjacent to an activating group) is 1. The molecule has 2 aliphatic rings. The van der Waals surface area contributed by atoms with Crippen LogP contribution in [0.3, 0.4) is 0 Å². The zero-order chi connectivity index (χ0) is 22.3. The van der Waals surface area contributed by atoms with Crippen LogP contribution in [-0.2, 0) is 6.54 Å². The molecule has 32 heavy (non-hydrogen) atoms. The van der Waals surface area contributed by atoms with Crippen LogP contribution in [0.4, 0.5) is 11.5 Å². The zero-order valence-electron chi connectivity index (χ0n) is 19.5. The Kier molecular flexibility index (Phi) is 7.32. The van der Waals surface area contributed by atoms with E-state index in [-0.39, 0.29) is 0 Å². The Bertz CT molecular complexity index is 903. The summed E-state index contributed by atoms with van der Waals surface area (Å²) in [5.41, 5.74) is 2.42. The fourth-order valence-corrected chi connectivity index (χ4v) is 4.36. The molecule has 0 amide bonds. The van der Waals surface area contributed by atoms with E-state index in [1.54, 1.807) is 7.11 Å². The van der Waals surface area contributed by atoms with Crippen molar-refractivity contribution >= 4 is 17.5 Å². The summed E-state index contributed by atoms with van der Waals surface area (Å²) in [5, 5.41) is 3.58. The molecule has 2 fully saturated rings. The molecule has 2 aliphatic heterocycles. The molecule has 3 heterocycles. The van der Waals surface area contributed by atoms with Gasteiger partial charge in [-0.1, -0.05) is 12.1 Å². The number of benzene rings is 1. The summed E-state index contributed by atoms with van der Waals surface area (Å²) in [6.45, 7) is 8.65. The number of hydrogen-bond donors (Lipinski definition) is 1. The summed E-state index contributed by atoms with van der Waals surface area (Å²) in [6, 6.07) is 12.5. The monoisotopic (exact) mass is 437 g/mol. The lowest BCUT2D eigenvalue weighted by atomic mass is 10.2. The van der Waals surface area contributed by atoms with Crippen LogP contribution in [-0.4, -0.2) is 94.3 Å². The topological polar surface area (TPSA) is 59.5 Å². The van der Waals surface area contributed by atoms with E-state index in [0.29, 0.717) is 0 Å². The van der Waals surface area contributed by atoms with E-state index >= 15 is 0 Å². The Balaban J connectivity index is 1.34. The maximum absolute atomic E-state index is 5.38. The SMILES string of the molecule is CN=C(NCc1cccnc1N1CCN(C)CC1)N1CCN(c2cccc(OC)c2)CC1. The van der Waals surface area contributed by atoms with Gasteiger partial charge in [-0.05, 0) is 25.2 Å². The third-order valence-corrected chi connectivity index (χ3v) is 6.32. The molecule has 0 unspecified atom stereocenters. The first-order valence-corrected chi connectivity index (χ1v) is 11.4. The predicted octanol–water partition coefficient (Wildman–Crippen LogP) is 1.74. The molecule has 0 saturated carbocycles. The largest absolute Gasteiger partial charge is 0.497 e. The van der Waals surface area contributed by atoms with Gasteiger partial charge in [0.25, 0.3) is 0 Å². The number of rotatable bonds is 5. The van der Waals surface area contributed by atoms with Gasteiger partial charge in [0.05, 0.1) is 7.11 Å². The van der Waals surface area contributed by atoms with Crippen LogP contribution in [0.2, 0.25) is 0 Å². The number of aliphatic imine (C=N–C) groups is 1. The lowest BCUT2D eigenvalue weighted by Crippen LogP contribution is -2.52. The van der Waals surface area contributed by atoms with Gasteiger partial charge in [0.2, 0.25) is 0 Å². The van der Waals surface area contributed by atoms with Gasteiger partial charge in [-0.3, -0.25) is 4.99 Å². The molecule has 0 atom stereocenters. The molecule has 1 aromatic carbocycles. The maximum Gasteiger partial charge on any atom is 0.194 e. The van der Waals surface area contributed by atoms with Crippen molar-refractivity contribution in [2.24, 2.45) is 4.99 Å². The number of pyridine rings is 1.